The predicted octanol–water partition coefficient (Wildman–Crippen LogP) is -0.356. The molecule has 6 heteroatoms. The highest BCUT2D eigenvalue weighted by atomic mass is 16.4. The van der Waals surface area contributed by atoms with E-state index in [0.717, 1.165) is 25.0 Å². The zero-order valence-corrected chi connectivity index (χ0v) is 7.89. The summed E-state index contributed by atoms with van der Waals surface area (Å²) < 4.78 is 1.32. The van der Waals surface area contributed by atoms with Gasteiger partial charge in [0.05, 0.1) is 5.69 Å². The molecule has 0 aromatic carbocycles. The molecule has 1 aromatic heterocycles. The van der Waals surface area contributed by atoms with Gasteiger partial charge in [0.1, 0.15) is 6.54 Å². The van der Waals surface area contributed by atoms with Crippen LogP contribution in [0.5, 0.6) is 0 Å². The molecule has 0 atom stereocenters. The van der Waals surface area contributed by atoms with Gasteiger partial charge >= 0.3 is 5.97 Å². The lowest BCUT2D eigenvalue weighted by Crippen LogP contribution is -2.08. The normalized spacial score (nSPS) is 10.4. The standard InChI is InChI=1S/C8H14N4O2/c9-4-2-1-3-7-5-12(11-10-7)6-8(13)14/h5H,1-4,6,9H2,(H,13,14). The van der Waals surface area contributed by atoms with Crippen LogP contribution in [-0.2, 0) is 17.8 Å². The summed E-state index contributed by atoms with van der Waals surface area (Å²) in [6.07, 6.45) is 4.37. The van der Waals surface area contributed by atoms with Gasteiger partial charge in [0.25, 0.3) is 0 Å². The topological polar surface area (TPSA) is 94.0 Å². The Hall–Kier alpha value is -1.43. The van der Waals surface area contributed by atoms with Gasteiger partial charge in [-0.15, -0.1) is 5.10 Å². The van der Waals surface area contributed by atoms with Crippen LogP contribution in [-0.4, -0.2) is 32.6 Å². The zero-order valence-electron chi connectivity index (χ0n) is 7.89. The van der Waals surface area contributed by atoms with Crippen molar-refractivity contribution in [3.63, 3.8) is 0 Å². The monoisotopic (exact) mass is 198 g/mol. The summed E-state index contributed by atoms with van der Waals surface area (Å²) in [5, 5.41) is 16.0. The average Bonchev–Trinajstić information content (AvgIpc) is 2.52. The third kappa shape index (κ3) is 3.53. The Bertz CT molecular complexity index is 297. The van der Waals surface area contributed by atoms with Crippen LogP contribution in [0.4, 0.5) is 0 Å². The summed E-state index contributed by atoms with van der Waals surface area (Å²) in [4.78, 5) is 10.3. The molecule has 3 N–H and O–H groups in total. The number of nitrogens with zero attached hydrogens (tertiary/aromatic N) is 3. The second-order valence-electron chi connectivity index (χ2n) is 3.05. The van der Waals surface area contributed by atoms with Crippen LogP contribution in [0.3, 0.4) is 0 Å². The van der Waals surface area contributed by atoms with Crippen molar-refractivity contribution < 1.29 is 9.90 Å². The number of aromatic nitrogens is 3. The van der Waals surface area contributed by atoms with Gasteiger partial charge < -0.3 is 10.8 Å². The summed E-state index contributed by atoms with van der Waals surface area (Å²) in [5.41, 5.74) is 6.16. The summed E-state index contributed by atoms with van der Waals surface area (Å²) in [7, 11) is 0. The zero-order chi connectivity index (χ0) is 10.4. The third-order valence-corrected chi connectivity index (χ3v) is 1.77. The minimum absolute atomic E-state index is 0.135. The third-order valence-electron chi connectivity index (χ3n) is 1.77. The fourth-order valence-electron chi connectivity index (χ4n) is 1.12. The van der Waals surface area contributed by atoms with E-state index in [0.29, 0.717) is 6.54 Å². The first-order chi connectivity index (χ1) is 6.72. The van der Waals surface area contributed by atoms with Crippen molar-refractivity contribution in [3.8, 4) is 0 Å². The summed E-state index contributed by atoms with van der Waals surface area (Å²) in [6.45, 7) is 0.535. The van der Waals surface area contributed by atoms with E-state index in [1.165, 1.54) is 4.68 Å². The number of hydrogen-bond acceptors (Lipinski definition) is 4. The Balaban J connectivity index is 2.38. The van der Waals surface area contributed by atoms with Crippen LogP contribution in [0.25, 0.3) is 0 Å². The molecule has 14 heavy (non-hydrogen) atoms. The van der Waals surface area contributed by atoms with E-state index in [1.807, 2.05) is 0 Å². The van der Waals surface area contributed by atoms with E-state index in [-0.39, 0.29) is 6.54 Å². The van der Waals surface area contributed by atoms with E-state index in [9.17, 15) is 4.79 Å². The first-order valence-corrected chi connectivity index (χ1v) is 4.53. The molecular weight excluding hydrogens is 184 g/mol. The predicted molar refractivity (Wildman–Crippen MR) is 49.7 cm³/mol. The molecule has 0 aliphatic heterocycles. The van der Waals surface area contributed by atoms with E-state index < -0.39 is 5.97 Å². The van der Waals surface area contributed by atoms with Crippen molar-refractivity contribution in [2.45, 2.75) is 25.8 Å². The van der Waals surface area contributed by atoms with Gasteiger partial charge in [-0.2, -0.15) is 0 Å². The molecule has 0 fully saturated rings. The van der Waals surface area contributed by atoms with Crippen molar-refractivity contribution in [1.29, 1.82) is 0 Å². The number of nitrogens with two attached hydrogens (primary N) is 1. The van der Waals surface area contributed by atoms with Gasteiger partial charge in [0.2, 0.25) is 0 Å². The molecule has 0 spiro atoms. The Morgan fingerprint density at radius 1 is 1.57 bits per heavy atom. The highest BCUT2D eigenvalue weighted by Gasteiger charge is 2.03. The first kappa shape index (κ1) is 10.6. The maximum Gasteiger partial charge on any atom is 0.325 e. The number of carboxylic acid groups (broad SMARTS) is 1. The van der Waals surface area contributed by atoms with Crippen LogP contribution in [0.2, 0.25) is 0 Å². The van der Waals surface area contributed by atoms with E-state index >= 15 is 0 Å². The van der Waals surface area contributed by atoms with Gasteiger partial charge in [0, 0.05) is 6.20 Å². The fraction of sp³-hybridized carbons (Fsp3) is 0.625. The molecule has 0 aliphatic carbocycles. The quantitative estimate of drug-likeness (QED) is 0.609. The highest BCUT2D eigenvalue weighted by molar-refractivity contribution is 5.66. The summed E-state index contributed by atoms with van der Waals surface area (Å²) in [6, 6.07) is 0. The minimum Gasteiger partial charge on any atom is -0.480 e. The molecule has 6 nitrogen and oxygen atoms in total. The molecule has 0 unspecified atom stereocenters. The SMILES string of the molecule is NCCCCc1cn(CC(=O)O)nn1. The lowest BCUT2D eigenvalue weighted by Gasteiger charge is -1.93. The Morgan fingerprint density at radius 2 is 2.36 bits per heavy atom. The van der Waals surface area contributed by atoms with Gasteiger partial charge in [-0.3, -0.25) is 4.79 Å². The van der Waals surface area contributed by atoms with E-state index in [1.54, 1.807) is 6.20 Å². The van der Waals surface area contributed by atoms with Gasteiger partial charge in [0.15, 0.2) is 0 Å². The summed E-state index contributed by atoms with van der Waals surface area (Å²) in [5.74, 6) is -0.914. The molecule has 1 heterocycles. The second-order valence-corrected chi connectivity index (χ2v) is 3.05. The Morgan fingerprint density at radius 3 is 3.00 bits per heavy atom. The van der Waals surface area contributed by atoms with E-state index in [4.69, 9.17) is 10.8 Å². The first-order valence-electron chi connectivity index (χ1n) is 4.53. The number of unbranched alkanes of at least 4 members (excludes halogenated alkanes) is 1. The largest absolute Gasteiger partial charge is 0.480 e. The molecule has 1 aromatic rings. The van der Waals surface area contributed by atoms with Crippen LogP contribution in [0, 0.1) is 0 Å². The van der Waals surface area contributed by atoms with E-state index in [2.05, 4.69) is 10.3 Å². The second kappa shape index (κ2) is 5.33. The number of hydrogen-bond donors (Lipinski definition) is 2. The van der Waals surface area contributed by atoms with Gasteiger partial charge in [-0.1, -0.05) is 5.21 Å². The van der Waals surface area contributed by atoms with Crippen molar-refractivity contribution in [3.05, 3.63) is 11.9 Å². The molecule has 0 radical (unpaired) electrons. The van der Waals surface area contributed by atoms with Crippen LogP contribution in [0.1, 0.15) is 18.5 Å². The van der Waals surface area contributed by atoms with Crippen molar-refractivity contribution in [1.82, 2.24) is 15.0 Å². The smallest absolute Gasteiger partial charge is 0.325 e. The average molecular weight is 198 g/mol. The number of aliphatic carboxylic acids is 1. The maximum atomic E-state index is 10.3. The van der Waals surface area contributed by atoms with Crippen molar-refractivity contribution in [2.24, 2.45) is 5.73 Å². The lowest BCUT2D eigenvalue weighted by molar-refractivity contribution is -0.137. The molecule has 0 saturated carbocycles. The molecule has 0 bridgehead atoms. The van der Waals surface area contributed by atoms with Crippen LogP contribution >= 0.6 is 0 Å². The number of rotatable bonds is 6. The molecular formula is C8H14N4O2. The van der Waals surface area contributed by atoms with Gasteiger partial charge in [-0.25, -0.2) is 4.68 Å². The summed E-state index contributed by atoms with van der Waals surface area (Å²) >= 11 is 0. The fourth-order valence-corrected chi connectivity index (χ4v) is 1.12. The number of aryl methyl sites for hydroxylation is 1. The van der Waals surface area contributed by atoms with Crippen LogP contribution < -0.4 is 5.73 Å². The maximum absolute atomic E-state index is 10.3. The number of carbonyl (C=O) groups is 1. The number of carboxylic acids is 1. The van der Waals surface area contributed by atoms with Crippen LogP contribution in [0.15, 0.2) is 6.20 Å². The molecule has 0 amide bonds. The molecule has 1 rings (SSSR count). The molecule has 78 valence electrons. The lowest BCUT2D eigenvalue weighted by atomic mass is 10.2. The minimum atomic E-state index is -0.914. The Labute approximate surface area is 81.7 Å². The van der Waals surface area contributed by atoms with Crippen molar-refractivity contribution in [2.75, 3.05) is 6.54 Å². The van der Waals surface area contributed by atoms with Crippen molar-refractivity contribution >= 4 is 5.97 Å². The Kier molecular flexibility index (Phi) is 4.06. The van der Waals surface area contributed by atoms with Gasteiger partial charge in [-0.05, 0) is 25.8 Å². The molecule has 0 saturated heterocycles. The molecule has 0 aliphatic rings. The highest BCUT2D eigenvalue weighted by Crippen LogP contribution is 1.99.